The van der Waals surface area contributed by atoms with Gasteiger partial charge in [-0.3, -0.25) is 4.57 Å². The van der Waals surface area contributed by atoms with Crippen LogP contribution in [0.3, 0.4) is 0 Å². The van der Waals surface area contributed by atoms with Crippen LogP contribution in [0.2, 0.25) is 0 Å². The fourth-order valence-corrected chi connectivity index (χ4v) is 0. The first-order chi connectivity index (χ1) is 2.56. The maximum Gasteiger partial charge on any atom is 0.325 e. The van der Waals surface area contributed by atoms with E-state index in [9.17, 15) is 4.57 Å². The predicted molar refractivity (Wildman–Crippen MR) is 22.6 cm³/mol. The second kappa shape index (κ2) is 3.64. The standard InChI is InChI=1S/C2H7O3P.Cu/c1-2-6(3,4)5;/h2H2,1H3,(H2,3,4,5);. The quantitative estimate of drug-likeness (QED) is 0.440. The third-order valence-electron chi connectivity index (χ3n) is 0.412. The third-order valence-corrected chi connectivity index (χ3v) is 1.24. The van der Waals surface area contributed by atoms with Gasteiger partial charge in [0.1, 0.15) is 0 Å². The normalized spacial score (nSPS) is 10.1. The van der Waals surface area contributed by atoms with E-state index in [2.05, 4.69) is 0 Å². The van der Waals surface area contributed by atoms with Crippen molar-refractivity contribution in [1.82, 2.24) is 0 Å². The monoisotopic (exact) mass is 173 g/mol. The van der Waals surface area contributed by atoms with Crippen LogP contribution in [0.15, 0.2) is 0 Å². The zero-order valence-corrected chi connectivity index (χ0v) is 5.59. The van der Waals surface area contributed by atoms with E-state index in [1.807, 2.05) is 0 Å². The summed E-state index contributed by atoms with van der Waals surface area (Å²) >= 11 is 0. The van der Waals surface area contributed by atoms with Gasteiger partial charge >= 0.3 is 7.60 Å². The second-order valence-corrected chi connectivity index (χ2v) is 2.94. The van der Waals surface area contributed by atoms with Crippen LogP contribution in [0.4, 0.5) is 0 Å². The Hall–Kier alpha value is 0.669. The SMILES string of the molecule is CCP(=O)(O)O.[Cu]. The van der Waals surface area contributed by atoms with Crippen molar-refractivity contribution in [2.75, 3.05) is 6.16 Å². The minimum atomic E-state index is -3.65. The molecule has 2 N–H and O–H groups in total. The average molecular weight is 174 g/mol. The van der Waals surface area contributed by atoms with Crippen LogP contribution in [0.1, 0.15) is 6.92 Å². The predicted octanol–water partition coefficient (Wildman–Crippen LogP) is 0.181. The van der Waals surface area contributed by atoms with Gasteiger partial charge in [0.25, 0.3) is 0 Å². The van der Waals surface area contributed by atoms with Gasteiger partial charge in [-0.25, -0.2) is 0 Å². The minimum Gasteiger partial charge on any atom is -0.324 e. The molecule has 49 valence electrons. The number of rotatable bonds is 1. The van der Waals surface area contributed by atoms with Crippen LogP contribution in [0.25, 0.3) is 0 Å². The van der Waals surface area contributed by atoms with Crippen molar-refractivity contribution in [3.63, 3.8) is 0 Å². The zero-order chi connectivity index (χ0) is 5.21. The molecule has 0 aliphatic carbocycles. The Balaban J connectivity index is 0. The Morgan fingerprint density at radius 1 is 1.57 bits per heavy atom. The summed E-state index contributed by atoms with van der Waals surface area (Å²) in [5, 5.41) is 0. The molecule has 1 radical (unpaired) electrons. The van der Waals surface area contributed by atoms with E-state index in [-0.39, 0.29) is 23.2 Å². The Morgan fingerprint density at radius 2 is 1.71 bits per heavy atom. The van der Waals surface area contributed by atoms with Gasteiger partial charge < -0.3 is 9.79 Å². The molecule has 0 aliphatic rings. The molecule has 0 amide bonds. The third kappa shape index (κ3) is 10.8. The van der Waals surface area contributed by atoms with E-state index in [0.717, 1.165) is 0 Å². The molecule has 0 heterocycles. The van der Waals surface area contributed by atoms with E-state index >= 15 is 0 Å². The van der Waals surface area contributed by atoms with Gasteiger partial charge in [-0.2, -0.15) is 0 Å². The first-order valence-electron chi connectivity index (χ1n) is 1.61. The van der Waals surface area contributed by atoms with Crippen molar-refractivity contribution >= 4 is 7.60 Å². The Bertz CT molecular complexity index is 77.0. The van der Waals surface area contributed by atoms with Crippen LogP contribution < -0.4 is 0 Å². The molecule has 0 aromatic carbocycles. The molecule has 5 heteroatoms. The molecule has 7 heavy (non-hydrogen) atoms. The van der Waals surface area contributed by atoms with Crippen molar-refractivity contribution in [3.05, 3.63) is 0 Å². The molecule has 3 nitrogen and oxygen atoms in total. The van der Waals surface area contributed by atoms with Gasteiger partial charge in [-0.1, -0.05) is 6.92 Å². The van der Waals surface area contributed by atoms with Gasteiger partial charge in [0.2, 0.25) is 0 Å². The van der Waals surface area contributed by atoms with Gasteiger partial charge in [0.05, 0.1) is 0 Å². The molecular formula is C2H7CuO3P. The summed E-state index contributed by atoms with van der Waals surface area (Å²) in [5.74, 6) is 0. The van der Waals surface area contributed by atoms with Crippen molar-refractivity contribution in [2.24, 2.45) is 0 Å². The van der Waals surface area contributed by atoms with Crippen LogP contribution >= 0.6 is 7.60 Å². The first-order valence-corrected chi connectivity index (χ1v) is 3.40. The summed E-state index contributed by atoms with van der Waals surface area (Å²) in [5.41, 5.74) is 0. The molecule has 0 rings (SSSR count). The Morgan fingerprint density at radius 3 is 1.71 bits per heavy atom. The van der Waals surface area contributed by atoms with Crippen LogP contribution in [0.5, 0.6) is 0 Å². The van der Waals surface area contributed by atoms with Crippen LogP contribution in [-0.2, 0) is 21.6 Å². The molecule has 0 spiro atoms. The summed E-state index contributed by atoms with van der Waals surface area (Å²) < 4.78 is 9.69. The van der Waals surface area contributed by atoms with Crippen LogP contribution in [0, 0.1) is 0 Å². The molecule has 0 unspecified atom stereocenters. The smallest absolute Gasteiger partial charge is 0.324 e. The van der Waals surface area contributed by atoms with Crippen LogP contribution in [-0.4, -0.2) is 15.9 Å². The molecule has 0 saturated heterocycles. The van der Waals surface area contributed by atoms with Crippen molar-refractivity contribution in [3.8, 4) is 0 Å². The van der Waals surface area contributed by atoms with Crippen molar-refractivity contribution in [1.29, 1.82) is 0 Å². The average Bonchev–Trinajstić information content (AvgIpc) is 1.35. The topological polar surface area (TPSA) is 57.5 Å². The number of hydrogen-bond donors (Lipinski definition) is 2. The summed E-state index contributed by atoms with van der Waals surface area (Å²) in [6.07, 6.45) is -0.0625. The molecule has 0 aromatic heterocycles. The van der Waals surface area contributed by atoms with E-state index < -0.39 is 7.60 Å². The fraction of sp³-hybridized carbons (Fsp3) is 1.00. The molecule has 0 saturated carbocycles. The van der Waals surface area contributed by atoms with E-state index in [0.29, 0.717) is 0 Å². The summed E-state index contributed by atoms with van der Waals surface area (Å²) in [6.45, 7) is 1.45. The Kier molecular flexibility index (Phi) is 5.53. The second-order valence-electron chi connectivity index (χ2n) is 0.981. The first kappa shape index (κ1) is 10.6. The molecule has 0 atom stereocenters. The largest absolute Gasteiger partial charge is 0.325 e. The summed E-state index contributed by atoms with van der Waals surface area (Å²) in [4.78, 5) is 15.9. The Labute approximate surface area is 52.8 Å². The number of hydrogen-bond acceptors (Lipinski definition) is 1. The molecule has 0 aliphatic heterocycles. The van der Waals surface area contributed by atoms with Crippen molar-refractivity contribution in [2.45, 2.75) is 6.92 Å². The van der Waals surface area contributed by atoms with Gasteiger partial charge in [-0.15, -0.1) is 0 Å². The van der Waals surface area contributed by atoms with E-state index in [1.165, 1.54) is 6.92 Å². The molecule has 0 bridgehead atoms. The van der Waals surface area contributed by atoms with E-state index in [4.69, 9.17) is 9.79 Å². The maximum absolute atomic E-state index is 9.69. The molecular weight excluding hydrogens is 167 g/mol. The summed E-state index contributed by atoms with van der Waals surface area (Å²) in [6, 6.07) is 0. The van der Waals surface area contributed by atoms with Gasteiger partial charge in [0.15, 0.2) is 0 Å². The van der Waals surface area contributed by atoms with Crippen molar-refractivity contribution < 1.29 is 31.4 Å². The van der Waals surface area contributed by atoms with E-state index in [1.54, 1.807) is 0 Å². The molecule has 0 fully saturated rings. The minimum absolute atomic E-state index is 0. The zero-order valence-electron chi connectivity index (χ0n) is 3.76. The summed E-state index contributed by atoms with van der Waals surface area (Å²) in [7, 11) is -3.65. The van der Waals surface area contributed by atoms with Gasteiger partial charge in [0, 0.05) is 23.2 Å². The maximum atomic E-state index is 9.69. The molecule has 0 aromatic rings. The van der Waals surface area contributed by atoms with Gasteiger partial charge in [-0.05, 0) is 0 Å². The fourth-order valence-electron chi connectivity index (χ4n) is 0.